The van der Waals surface area contributed by atoms with Crippen LogP contribution in [0.15, 0.2) is 261 Å². The number of anilines is 9. The SMILES string of the molecule is COc1ccc(O[C@H]2CCN(c3ccc(S(=O)(=O)Nc4nccs4)cc3)C2=O)c(Cl)c1.C[C@@H](C(=O)N1CCN(c2ccc(S(=O)(=O)Nc3ccc(Cl)nn3)cc2)CC1)N1CCCc2cc(Cl)ccc21.C[C@@H]1CN(c2ccc(S(=O)(=O)Nc3nccs3)cc2)CCN1C(=O)[C@H](C)n1ccc2cccc(F)c21.O=C(Cn1ccc2ccc(Cl)cc21)N1CCN(c2ccc(S(=O)(=O)Nc3nccs3)cc2)C[C@H]1CO.[HH].[HH].[HH].[HH].[HH].[HH].[HH].[HH].[HH]. The largest absolute Gasteiger partial charge is 0.497 e. The van der Waals surface area contributed by atoms with Crippen LogP contribution in [0.1, 0.15) is 58.1 Å². The summed E-state index contributed by atoms with van der Waals surface area (Å²) in [6, 6.07) is 52.8. The molecule has 5 N–H and O–H groups in total. The van der Waals surface area contributed by atoms with Gasteiger partial charge in [-0.05, 0) is 214 Å². The first-order valence-electron chi connectivity index (χ1n) is 44.5. The van der Waals surface area contributed by atoms with E-state index in [2.05, 4.69) is 58.7 Å². The fourth-order valence-corrected chi connectivity index (χ4v) is 24.2. The van der Waals surface area contributed by atoms with Gasteiger partial charge >= 0.3 is 0 Å². The van der Waals surface area contributed by atoms with Crippen LogP contribution in [0.2, 0.25) is 20.2 Å². The summed E-state index contributed by atoms with van der Waals surface area (Å²) in [5.41, 5.74) is 6.79. The van der Waals surface area contributed by atoms with E-state index in [1.54, 1.807) is 153 Å². The molecule has 34 nitrogen and oxygen atoms in total. The molecule has 0 bridgehead atoms. The molecule has 4 saturated heterocycles. The second-order valence-electron chi connectivity index (χ2n) is 33.3. The van der Waals surface area contributed by atoms with Crippen molar-refractivity contribution in [2.24, 2.45) is 0 Å². The second-order valence-corrected chi connectivity index (χ2v) is 44.4. The Morgan fingerprint density at radius 3 is 1.63 bits per heavy atom. The third-order valence-corrected chi connectivity index (χ3v) is 33.3. The van der Waals surface area contributed by atoms with Gasteiger partial charge in [0.15, 0.2) is 32.5 Å². The van der Waals surface area contributed by atoms with Crippen LogP contribution in [0.3, 0.4) is 0 Å². The number of benzene rings is 8. The van der Waals surface area contributed by atoms with E-state index >= 15 is 0 Å². The van der Waals surface area contributed by atoms with E-state index in [-0.39, 0.29) is 109 Å². The Kier molecular flexibility index (Phi) is 31.9. The molecular weight excluding hydrogens is 2030 g/mol. The highest BCUT2D eigenvalue weighted by molar-refractivity contribution is 7.93. The summed E-state index contributed by atoms with van der Waals surface area (Å²) < 4.78 is 139. The number of aryl methyl sites for hydroxylation is 1. The first-order valence-corrected chi connectivity index (χ1v) is 54.5. The van der Waals surface area contributed by atoms with Gasteiger partial charge in [-0.15, -0.1) is 44.2 Å². The van der Waals surface area contributed by atoms with Crippen molar-refractivity contribution >= 4 is 216 Å². The summed E-state index contributed by atoms with van der Waals surface area (Å²) in [5, 5.41) is 27.0. The summed E-state index contributed by atoms with van der Waals surface area (Å²) in [6.45, 7) is 12.7. The Bertz CT molecular complexity index is 7330. The highest BCUT2D eigenvalue weighted by Gasteiger charge is 2.38. The molecule has 5 atom stereocenters. The fourth-order valence-electron chi connectivity index (χ4n) is 17.2. The van der Waals surface area contributed by atoms with Crippen molar-refractivity contribution in [1.29, 1.82) is 0 Å². The lowest BCUT2D eigenvalue weighted by molar-refractivity contribution is -0.137. The van der Waals surface area contributed by atoms with Gasteiger partial charge in [-0.3, -0.25) is 38.1 Å². The van der Waals surface area contributed by atoms with Crippen molar-refractivity contribution in [2.75, 3.05) is 136 Å². The Morgan fingerprint density at radius 1 is 0.546 bits per heavy atom. The van der Waals surface area contributed by atoms with E-state index < -0.39 is 52.2 Å². The van der Waals surface area contributed by atoms with Gasteiger partial charge in [-0.25, -0.2) is 53.0 Å². The van der Waals surface area contributed by atoms with Gasteiger partial charge in [0.1, 0.15) is 35.9 Å². The molecule has 4 amide bonds. The van der Waals surface area contributed by atoms with Crippen molar-refractivity contribution in [2.45, 2.75) is 96.4 Å². The van der Waals surface area contributed by atoms with Crippen molar-refractivity contribution in [1.82, 2.24) is 49.0 Å². The Hall–Kier alpha value is -12.5. The molecule has 0 unspecified atom stereocenters. The zero-order chi connectivity index (χ0) is 99.6. The van der Waals surface area contributed by atoms with Crippen molar-refractivity contribution < 1.29 is 84.7 Å². The maximum atomic E-state index is 14.5. The summed E-state index contributed by atoms with van der Waals surface area (Å²) in [7, 11) is -13.5. The number of methoxy groups -OCH3 is 1. The van der Waals surface area contributed by atoms with Crippen LogP contribution in [0.4, 0.5) is 54.0 Å². The predicted octanol–water partition coefficient (Wildman–Crippen LogP) is 17.7. The number of carbonyl (C=O) groups is 4. The van der Waals surface area contributed by atoms with Crippen LogP contribution >= 0.6 is 80.4 Å². The van der Waals surface area contributed by atoms with Gasteiger partial charge in [0.05, 0.1) is 49.9 Å². The molecule has 46 heteroatoms. The maximum Gasteiger partial charge on any atom is 0.268 e. The number of hydrogen-bond acceptors (Lipinski definition) is 27. The molecule has 141 heavy (non-hydrogen) atoms. The predicted molar refractivity (Wildman–Crippen MR) is 568 cm³/mol. The summed E-state index contributed by atoms with van der Waals surface area (Å²) >= 11 is 27.8. The maximum absolute atomic E-state index is 14.5. The van der Waals surface area contributed by atoms with E-state index in [0.29, 0.717) is 121 Å². The number of thiazole rings is 3. The molecule has 756 valence electrons. The van der Waals surface area contributed by atoms with Gasteiger partial charge < -0.3 is 62.9 Å². The van der Waals surface area contributed by atoms with E-state index in [0.717, 1.165) is 63.4 Å². The fraction of sp³-hybridized carbons (Fsp3) is 0.274. The summed E-state index contributed by atoms with van der Waals surface area (Å²) in [4.78, 5) is 80.6. The zero-order valence-electron chi connectivity index (χ0n) is 76.1. The lowest BCUT2D eigenvalue weighted by Gasteiger charge is -2.42. The lowest BCUT2D eigenvalue weighted by Crippen LogP contribution is -2.57. The molecule has 0 spiro atoms. The van der Waals surface area contributed by atoms with Crippen LogP contribution < -0.4 is 52.9 Å². The number of aliphatic hydroxyl groups excluding tert-OH is 1. The minimum Gasteiger partial charge on any atom is -0.497 e. The standard InChI is InChI=1S/C26H28Cl2N6O3S.C25H26FN5O3S2.C24H24ClN5O4S2.C20H18ClN3O5S2.9H2/c1-18(34-12-2-3-19-17-20(27)4-9-23(19)34)26(35)33-15-13-32(14-16-33)21-5-7-22(8-6-21)38(36,37)31-25-11-10-24(28)29-30-25;1-17-16-29(20-6-8-21(9-7-20)36(33,34)28-25-27-11-15-35-25)13-14-30(17)24(32)18(2)31-12-10-19-4-3-5-22(26)23(19)31;25-18-2-1-17-7-9-29(22(17)13-18)15-23(32)30-11-10-28(14-20(30)16-31)19-3-5-21(6-4-19)36(33,34)27-24-26-8-12-35-24;1-28-14-4-7-17(16(21)12-14)29-18-8-10-24(19(18)25)13-2-5-15(6-3-13)31(26,27)23-20-22-9-11-30-20;;;;;;;;;/h4-11,17-18H,2-3,12-16H2,1H3,(H,30,31);3-12,15,17-18H,13-14,16H2,1-2H3,(H,27,28);1-9,12-13,20,31H,10-11,14-16H2,(H,26,27);2-7,9,11-12,18H,8,10H2,1H3,(H,22,23);9*1H/t18-;17-,18+;20-;18-;;;;;;;;;/m0100........./s1. The number of aliphatic hydroxyl groups is 1. The average molecular weight is 2150 g/mol. The van der Waals surface area contributed by atoms with Gasteiger partial charge in [0.25, 0.3) is 46.0 Å². The molecule has 11 heterocycles. The van der Waals surface area contributed by atoms with Gasteiger partial charge in [-0.2, -0.15) is 0 Å². The van der Waals surface area contributed by atoms with E-state index in [9.17, 15) is 62.3 Å². The molecule has 0 radical (unpaired) electrons. The number of sulfonamides is 4. The van der Waals surface area contributed by atoms with Gasteiger partial charge in [-0.1, -0.05) is 64.6 Å². The molecule has 6 aromatic heterocycles. The van der Waals surface area contributed by atoms with E-state index in [1.807, 2.05) is 93.9 Å². The monoisotopic (exact) mass is 2140 g/mol. The Labute approximate surface area is 859 Å². The Morgan fingerprint density at radius 2 is 1.09 bits per heavy atom. The molecule has 5 aliphatic rings. The second kappa shape index (κ2) is 44.4. The molecule has 0 saturated carbocycles. The molecular formula is C95H114Cl4FN19O15S7. The normalized spacial score (nSPS) is 16.7. The first-order chi connectivity index (χ1) is 67.7. The van der Waals surface area contributed by atoms with Crippen molar-refractivity contribution in [3.63, 3.8) is 0 Å². The van der Waals surface area contributed by atoms with E-state index in [1.165, 1.54) is 95.6 Å². The van der Waals surface area contributed by atoms with Crippen molar-refractivity contribution in [3.05, 3.63) is 273 Å². The van der Waals surface area contributed by atoms with Crippen molar-refractivity contribution in [3.8, 4) is 11.5 Å². The highest BCUT2D eigenvalue weighted by Crippen LogP contribution is 2.38. The van der Waals surface area contributed by atoms with Crippen LogP contribution in [0, 0.1) is 5.82 Å². The third-order valence-electron chi connectivity index (χ3n) is 24.4. The molecule has 19 rings (SSSR count). The lowest BCUT2D eigenvalue weighted by atomic mass is 10.00. The number of ether oxygens (including phenoxy) is 2. The average Bonchev–Trinajstić information content (AvgIpc) is 1.66. The number of nitrogens with zero attached hydrogens (tertiary/aromatic N) is 15. The topological polar surface area (TPSA) is 392 Å². The number of amides is 4. The molecule has 14 aromatic rings. The summed E-state index contributed by atoms with van der Waals surface area (Å²) in [5.74, 6) is 0.494. The number of para-hydroxylation sites is 1. The summed E-state index contributed by atoms with van der Waals surface area (Å²) in [6.07, 6.45) is 9.97. The minimum absolute atomic E-state index is 0. The van der Waals surface area contributed by atoms with E-state index in [4.69, 9.17) is 55.9 Å². The van der Waals surface area contributed by atoms with Gasteiger partial charge in [0, 0.05) is 206 Å². The third kappa shape index (κ3) is 24.1. The molecule has 8 aromatic carbocycles. The zero-order valence-corrected chi connectivity index (χ0v) is 84.9. The van der Waals surface area contributed by atoms with Crippen LogP contribution in [0.25, 0.3) is 21.8 Å². The van der Waals surface area contributed by atoms with Crippen LogP contribution in [-0.4, -0.2) is 228 Å². The highest BCUT2D eigenvalue weighted by atomic mass is 35.5. The number of hydrogen-bond donors (Lipinski definition) is 5. The van der Waals surface area contributed by atoms with Crippen LogP contribution in [0.5, 0.6) is 11.5 Å². The number of fused-ring (bicyclic) bond motifs is 3. The smallest absolute Gasteiger partial charge is 0.268 e. The number of rotatable bonds is 26. The molecule has 4 fully saturated rings. The van der Waals surface area contributed by atoms with Gasteiger partial charge in [0.2, 0.25) is 17.7 Å². The first kappa shape index (κ1) is 101. The Balaban J connectivity index is 0.000000266. The number of aromatic nitrogens is 7. The minimum atomic E-state index is -3.82. The molecule has 5 aliphatic heterocycles. The quantitative estimate of drug-likeness (QED) is 0.0336. The van der Waals surface area contributed by atoms with Crippen LogP contribution in [-0.2, 0) is 72.2 Å². The number of nitrogens with one attached hydrogen (secondary N) is 4. The molecule has 0 aliphatic carbocycles. The number of carbonyl (C=O) groups excluding carboxylic acids is 4. The number of halogens is 5. The number of piperazine rings is 3.